The van der Waals surface area contributed by atoms with Gasteiger partial charge in [0.2, 0.25) is 11.8 Å². The van der Waals surface area contributed by atoms with Crippen molar-refractivity contribution in [2.24, 2.45) is 0 Å². The Kier molecular flexibility index (Phi) is 5.33. The molecule has 0 saturated heterocycles. The van der Waals surface area contributed by atoms with Crippen molar-refractivity contribution in [2.45, 2.75) is 13.0 Å². The maximum Gasteiger partial charge on any atom is 0.249 e. The molecule has 4 nitrogen and oxygen atoms in total. The molecule has 0 fully saturated rings. The number of benzene rings is 3. The summed E-state index contributed by atoms with van der Waals surface area (Å²) in [5.74, 6) is 0.802. The van der Waals surface area contributed by atoms with Crippen molar-refractivity contribution < 1.29 is 4.42 Å². The number of hydrogen-bond donors (Lipinski definition) is 1. The average Bonchev–Trinajstić information content (AvgIpc) is 3.18. The average molecular weight is 410 g/mol. The Morgan fingerprint density at radius 1 is 0.857 bits per heavy atom. The van der Waals surface area contributed by atoms with Gasteiger partial charge in [0.05, 0.1) is 21.3 Å². The molecule has 0 aliphatic rings. The second-order valence-corrected chi connectivity index (χ2v) is 7.21. The number of anilines is 1. The predicted molar refractivity (Wildman–Crippen MR) is 113 cm³/mol. The third-order valence-corrected chi connectivity index (χ3v) is 4.99. The first-order chi connectivity index (χ1) is 13.6. The molecule has 28 heavy (non-hydrogen) atoms. The fourth-order valence-electron chi connectivity index (χ4n) is 2.92. The molecule has 0 radical (unpaired) electrons. The SMILES string of the molecule is Cc1ccc(N[C@H](c2ccccc2)c2nnc(-c3ccccc3Cl)o2)c(Cl)c1. The van der Waals surface area contributed by atoms with Crippen molar-refractivity contribution in [3.05, 3.63) is 99.9 Å². The molecule has 140 valence electrons. The lowest BCUT2D eigenvalue weighted by Crippen LogP contribution is -2.13. The van der Waals surface area contributed by atoms with Crippen LogP contribution in [0.15, 0.2) is 77.2 Å². The van der Waals surface area contributed by atoms with Crippen LogP contribution < -0.4 is 5.32 Å². The topological polar surface area (TPSA) is 51.0 Å². The Morgan fingerprint density at radius 3 is 2.36 bits per heavy atom. The zero-order chi connectivity index (χ0) is 19.5. The molecule has 0 aliphatic carbocycles. The molecule has 0 spiro atoms. The molecule has 1 aromatic heterocycles. The highest BCUT2D eigenvalue weighted by molar-refractivity contribution is 6.33. The number of aryl methyl sites for hydroxylation is 1. The molecule has 1 N–H and O–H groups in total. The van der Waals surface area contributed by atoms with Crippen LogP contribution in [0.2, 0.25) is 10.0 Å². The molecule has 6 heteroatoms. The molecular weight excluding hydrogens is 393 g/mol. The molecule has 0 aliphatic heterocycles. The van der Waals surface area contributed by atoms with Gasteiger partial charge < -0.3 is 9.73 Å². The van der Waals surface area contributed by atoms with Crippen molar-refractivity contribution in [1.29, 1.82) is 0 Å². The van der Waals surface area contributed by atoms with Crippen LogP contribution in [-0.4, -0.2) is 10.2 Å². The van der Waals surface area contributed by atoms with E-state index in [4.69, 9.17) is 27.6 Å². The van der Waals surface area contributed by atoms with Crippen LogP contribution in [0.5, 0.6) is 0 Å². The van der Waals surface area contributed by atoms with E-state index in [9.17, 15) is 0 Å². The van der Waals surface area contributed by atoms with E-state index in [0.717, 1.165) is 16.8 Å². The Morgan fingerprint density at radius 2 is 1.61 bits per heavy atom. The highest BCUT2D eigenvalue weighted by Crippen LogP contribution is 2.33. The van der Waals surface area contributed by atoms with Gasteiger partial charge in [0.1, 0.15) is 6.04 Å². The second kappa shape index (κ2) is 8.05. The maximum absolute atomic E-state index is 6.42. The van der Waals surface area contributed by atoms with Gasteiger partial charge in [-0.25, -0.2) is 0 Å². The van der Waals surface area contributed by atoms with Crippen LogP contribution in [0.4, 0.5) is 5.69 Å². The van der Waals surface area contributed by atoms with Crippen molar-refractivity contribution in [1.82, 2.24) is 10.2 Å². The zero-order valence-electron chi connectivity index (χ0n) is 15.1. The van der Waals surface area contributed by atoms with Gasteiger partial charge in [-0.1, -0.05) is 71.7 Å². The third kappa shape index (κ3) is 3.88. The first kappa shape index (κ1) is 18.5. The molecule has 1 atom stereocenters. The van der Waals surface area contributed by atoms with E-state index >= 15 is 0 Å². The maximum atomic E-state index is 6.42. The van der Waals surface area contributed by atoms with Gasteiger partial charge in [-0.2, -0.15) is 0 Å². The van der Waals surface area contributed by atoms with Gasteiger partial charge in [-0.15, -0.1) is 10.2 Å². The van der Waals surface area contributed by atoms with Crippen molar-refractivity contribution >= 4 is 28.9 Å². The van der Waals surface area contributed by atoms with E-state index in [1.54, 1.807) is 6.07 Å². The van der Waals surface area contributed by atoms with E-state index in [2.05, 4.69) is 15.5 Å². The van der Waals surface area contributed by atoms with Crippen LogP contribution >= 0.6 is 23.2 Å². The lowest BCUT2D eigenvalue weighted by molar-refractivity contribution is 0.494. The van der Waals surface area contributed by atoms with Gasteiger partial charge in [-0.3, -0.25) is 0 Å². The summed E-state index contributed by atoms with van der Waals surface area (Å²) in [4.78, 5) is 0. The van der Waals surface area contributed by atoms with E-state index in [1.165, 1.54) is 0 Å². The van der Waals surface area contributed by atoms with Crippen LogP contribution in [0, 0.1) is 6.92 Å². The number of aromatic nitrogens is 2. The molecular formula is C22H17Cl2N3O. The minimum absolute atomic E-state index is 0.356. The molecule has 4 rings (SSSR count). The summed E-state index contributed by atoms with van der Waals surface area (Å²) in [6.07, 6.45) is 0. The van der Waals surface area contributed by atoms with Gasteiger partial charge in [0, 0.05) is 0 Å². The summed E-state index contributed by atoms with van der Waals surface area (Å²) in [5, 5.41) is 13.1. The quantitative estimate of drug-likeness (QED) is 0.405. The molecule has 0 bridgehead atoms. The van der Waals surface area contributed by atoms with Gasteiger partial charge >= 0.3 is 0 Å². The van der Waals surface area contributed by atoms with E-state index in [1.807, 2.05) is 73.7 Å². The fraction of sp³-hybridized carbons (Fsp3) is 0.0909. The number of hydrogen-bond acceptors (Lipinski definition) is 4. The standard InChI is InChI=1S/C22H17Cl2N3O/c1-14-11-12-19(18(24)13-14)25-20(15-7-3-2-4-8-15)22-27-26-21(28-22)16-9-5-6-10-17(16)23/h2-13,20,25H,1H3/t20-/m1/s1. The molecule has 0 saturated carbocycles. The van der Waals surface area contributed by atoms with Crippen LogP contribution in [-0.2, 0) is 0 Å². The zero-order valence-corrected chi connectivity index (χ0v) is 16.6. The summed E-state index contributed by atoms with van der Waals surface area (Å²) in [6.45, 7) is 2.00. The van der Waals surface area contributed by atoms with Crippen molar-refractivity contribution in [3.63, 3.8) is 0 Å². The molecule has 1 heterocycles. The number of nitrogens with zero attached hydrogens (tertiary/aromatic N) is 2. The van der Waals surface area contributed by atoms with Crippen LogP contribution in [0.1, 0.15) is 23.1 Å². The minimum atomic E-state index is -0.356. The van der Waals surface area contributed by atoms with Crippen molar-refractivity contribution in [3.8, 4) is 11.5 Å². The summed E-state index contributed by atoms with van der Waals surface area (Å²) < 4.78 is 5.99. The van der Waals surface area contributed by atoms with E-state index in [-0.39, 0.29) is 6.04 Å². The van der Waals surface area contributed by atoms with Gasteiger partial charge in [-0.05, 0) is 42.3 Å². The largest absolute Gasteiger partial charge is 0.418 e. The lowest BCUT2D eigenvalue weighted by atomic mass is 10.1. The lowest BCUT2D eigenvalue weighted by Gasteiger charge is -2.18. The summed E-state index contributed by atoms with van der Waals surface area (Å²) in [6, 6.07) is 22.8. The molecule has 0 amide bonds. The monoisotopic (exact) mass is 409 g/mol. The van der Waals surface area contributed by atoms with E-state index < -0.39 is 0 Å². The van der Waals surface area contributed by atoms with E-state index in [0.29, 0.717) is 27.4 Å². The molecule has 0 unspecified atom stereocenters. The number of nitrogens with one attached hydrogen (secondary N) is 1. The van der Waals surface area contributed by atoms with Gasteiger partial charge in [0.25, 0.3) is 0 Å². The Hall–Kier alpha value is -2.82. The molecule has 3 aromatic carbocycles. The summed E-state index contributed by atoms with van der Waals surface area (Å²) >= 11 is 12.7. The Balaban J connectivity index is 1.73. The highest BCUT2D eigenvalue weighted by Gasteiger charge is 2.22. The van der Waals surface area contributed by atoms with Crippen molar-refractivity contribution in [2.75, 3.05) is 5.32 Å². The predicted octanol–water partition coefficient (Wildman–Crippen LogP) is 6.55. The number of rotatable bonds is 5. The second-order valence-electron chi connectivity index (χ2n) is 6.40. The first-order valence-electron chi connectivity index (χ1n) is 8.78. The third-order valence-electron chi connectivity index (χ3n) is 4.35. The highest BCUT2D eigenvalue weighted by atomic mass is 35.5. The summed E-state index contributed by atoms with van der Waals surface area (Å²) in [7, 11) is 0. The minimum Gasteiger partial charge on any atom is -0.418 e. The van der Waals surface area contributed by atoms with Gasteiger partial charge in [0.15, 0.2) is 0 Å². The first-order valence-corrected chi connectivity index (χ1v) is 9.53. The van der Waals surface area contributed by atoms with Crippen LogP contribution in [0.3, 0.4) is 0 Å². The Labute approximate surface area is 173 Å². The Bertz CT molecular complexity index is 1100. The smallest absolute Gasteiger partial charge is 0.249 e. The van der Waals surface area contributed by atoms with Crippen LogP contribution in [0.25, 0.3) is 11.5 Å². The summed E-state index contributed by atoms with van der Waals surface area (Å²) in [5.41, 5.74) is 3.56. The normalized spacial score (nSPS) is 12.0. The fourth-order valence-corrected chi connectivity index (χ4v) is 3.43. The molecule has 4 aromatic rings. The number of halogens is 2.